The van der Waals surface area contributed by atoms with E-state index in [1.54, 1.807) is 24.4 Å². The van der Waals surface area contributed by atoms with Crippen molar-refractivity contribution in [2.24, 2.45) is 0 Å². The molecular weight excluding hydrogens is 1070 g/mol. The van der Waals surface area contributed by atoms with Crippen molar-refractivity contribution in [2.75, 3.05) is 0 Å². The van der Waals surface area contributed by atoms with Crippen LogP contribution in [0.25, 0.3) is 22.5 Å². The normalized spacial score (nSPS) is 15.6. The lowest BCUT2D eigenvalue weighted by Crippen LogP contribution is -2.41. The van der Waals surface area contributed by atoms with Gasteiger partial charge in [0, 0.05) is 59.4 Å². The summed E-state index contributed by atoms with van der Waals surface area (Å²) in [5.41, 5.74) is 6.74. The minimum absolute atomic E-state index is 0.111. The number of pyridine rings is 2. The van der Waals surface area contributed by atoms with Crippen molar-refractivity contribution in [3.63, 3.8) is 0 Å². The highest BCUT2D eigenvalue weighted by molar-refractivity contribution is 9.10. The third-order valence-corrected chi connectivity index (χ3v) is 15.3. The summed E-state index contributed by atoms with van der Waals surface area (Å²) in [6.07, 6.45) is 11.6. The van der Waals surface area contributed by atoms with E-state index in [0.717, 1.165) is 81.9 Å². The molecule has 19 heteroatoms. The van der Waals surface area contributed by atoms with Crippen LogP contribution in [0.5, 0.6) is 0 Å². The lowest BCUT2D eigenvalue weighted by atomic mass is 9.76. The molecule has 0 N–H and O–H groups in total. The van der Waals surface area contributed by atoms with Gasteiger partial charge in [-0.05, 0) is 169 Å². The van der Waals surface area contributed by atoms with Crippen LogP contribution in [-0.2, 0) is 60.7 Å². The standard InChI is InChI=1S/C18H16F2N4.C13H19BFNO2.C11H9BrFN3.C10H8BrFS/c1-3-11-14(8-21-9-15(11)19)12-4-6-16-13(18(12)20)5-7-17-23-22-10(2)24(16)17;1-6-9-10(7-16-8-11(9)15)14-17-12(2,3)13(4,5)18-14;1-6-14-15-10-5-2-7-9(16(6)10)4-3-8(12)11(7)13;11-9-4-1-6-5-7(13)2-3-8(6)10(9)12/h4,6,8-9H,3,5,7H2,1-2H3;7-8H,6H2,1-5H3;3-4H,2,5H2,1H3;1,4H,2-3,5H2. The Morgan fingerprint density at radius 2 is 1.08 bits per heavy atom. The molecule has 7 heterocycles. The zero-order valence-electron chi connectivity index (χ0n) is 40.7. The summed E-state index contributed by atoms with van der Waals surface area (Å²) in [6, 6.07) is 10.9. The van der Waals surface area contributed by atoms with Crippen molar-refractivity contribution in [1.29, 1.82) is 0 Å². The second-order valence-electron chi connectivity index (χ2n) is 18.6. The number of aryl methyl sites for hydroxylation is 4. The summed E-state index contributed by atoms with van der Waals surface area (Å²) in [7, 11) is -0.548. The molecule has 0 atom stereocenters. The van der Waals surface area contributed by atoms with Crippen molar-refractivity contribution >= 4 is 61.5 Å². The predicted molar refractivity (Wildman–Crippen MR) is 275 cm³/mol. The third kappa shape index (κ3) is 10.3. The summed E-state index contributed by atoms with van der Waals surface area (Å²) < 4.78 is 87.1. The molecular formula is C52H52BBr2F5N8O2S. The van der Waals surface area contributed by atoms with Gasteiger partial charge in [0.25, 0.3) is 0 Å². The number of aromatic nitrogens is 8. The highest BCUT2D eigenvalue weighted by Gasteiger charge is 2.52. The van der Waals surface area contributed by atoms with Crippen LogP contribution in [0.4, 0.5) is 22.0 Å². The average molecular weight is 1120 g/mol. The van der Waals surface area contributed by atoms with Gasteiger partial charge < -0.3 is 9.31 Å². The summed E-state index contributed by atoms with van der Waals surface area (Å²) in [6.45, 7) is 15.4. The number of fused-ring (bicyclic) bond motifs is 7. The fraction of sp³-hybridized carbons (Fsp3) is 0.365. The second kappa shape index (κ2) is 21.2. The smallest absolute Gasteiger partial charge is 0.399 e. The number of nitrogens with zero attached hydrogens (tertiary/aromatic N) is 8. The van der Waals surface area contributed by atoms with E-state index in [2.05, 4.69) is 62.2 Å². The lowest BCUT2D eigenvalue weighted by Gasteiger charge is -2.32. The molecule has 370 valence electrons. The molecule has 7 aromatic rings. The van der Waals surface area contributed by atoms with Gasteiger partial charge in [-0.25, -0.2) is 22.0 Å². The highest BCUT2D eigenvalue weighted by atomic mass is 79.9. The number of thiocarbonyl (C=S) groups is 1. The van der Waals surface area contributed by atoms with E-state index in [1.807, 2.05) is 82.7 Å². The van der Waals surface area contributed by atoms with Gasteiger partial charge in [-0.15, -0.1) is 20.4 Å². The molecule has 0 spiro atoms. The number of hydrogen-bond donors (Lipinski definition) is 0. The molecule has 3 aromatic carbocycles. The molecule has 1 saturated heterocycles. The highest BCUT2D eigenvalue weighted by Crippen LogP contribution is 2.38. The molecule has 10 nitrogen and oxygen atoms in total. The molecule has 0 radical (unpaired) electrons. The first-order valence-corrected chi connectivity index (χ1v) is 25.4. The maximum Gasteiger partial charge on any atom is 0.496 e. The lowest BCUT2D eigenvalue weighted by molar-refractivity contribution is 0.00578. The summed E-state index contributed by atoms with van der Waals surface area (Å²) in [5, 5.41) is 16.3. The summed E-state index contributed by atoms with van der Waals surface area (Å²) >= 11 is 11.5. The van der Waals surface area contributed by atoms with E-state index in [4.69, 9.17) is 21.5 Å². The van der Waals surface area contributed by atoms with Crippen LogP contribution in [0.3, 0.4) is 0 Å². The number of rotatable bonds is 4. The SMILES string of the molecule is CCc1c(F)cncc1-c1ccc2c(c1F)CCc1nnc(C)n1-2.CCc1c(F)cncc1B1OC(C)(C)C(C)(C)O1.Cc1nnc2n1-c1ccc(Br)c(F)c1CC2.Fc1c(Br)ccc2c1CCC(=S)C2. The van der Waals surface area contributed by atoms with E-state index in [-0.39, 0.29) is 23.3 Å². The molecule has 0 amide bonds. The maximum atomic E-state index is 15.2. The minimum atomic E-state index is -0.548. The zero-order chi connectivity index (χ0) is 51.1. The first-order valence-electron chi connectivity index (χ1n) is 23.5. The largest absolute Gasteiger partial charge is 0.496 e. The molecule has 71 heavy (non-hydrogen) atoms. The van der Waals surface area contributed by atoms with Crippen LogP contribution in [0, 0.1) is 42.9 Å². The van der Waals surface area contributed by atoms with Gasteiger partial charge >= 0.3 is 7.12 Å². The zero-order valence-corrected chi connectivity index (χ0v) is 44.7. The van der Waals surface area contributed by atoms with E-state index in [0.29, 0.717) is 74.3 Å². The van der Waals surface area contributed by atoms with Gasteiger partial charge in [0.15, 0.2) is 0 Å². The minimum Gasteiger partial charge on any atom is -0.399 e. The molecule has 11 rings (SSSR count). The van der Waals surface area contributed by atoms with Crippen molar-refractivity contribution < 1.29 is 31.3 Å². The molecule has 0 saturated carbocycles. The van der Waals surface area contributed by atoms with Crippen LogP contribution in [0.2, 0.25) is 0 Å². The van der Waals surface area contributed by atoms with Crippen molar-refractivity contribution in [3.05, 3.63) is 156 Å². The molecule has 3 aliphatic heterocycles. The number of hydrogen-bond acceptors (Lipinski definition) is 9. The topological polar surface area (TPSA) is 106 Å². The molecule has 0 unspecified atom stereocenters. The van der Waals surface area contributed by atoms with Crippen LogP contribution < -0.4 is 5.46 Å². The molecule has 4 aromatic heterocycles. The van der Waals surface area contributed by atoms with E-state index in [9.17, 15) is 17.6 Å². The number of halogens is 7. The van der Waals surface area contributed by atoms with E-state index < -0.39 is 24.1 Å². The quantitative estimate of drug-likeness (QED) is 0.0968. The Hall–Kier alpha value is -5.08. The molecule has 0 bridgehead atoms. The van der Waals surface area contributed by atoms with Crippen molar-refractivity contribution in [3.8, 4) is 22.5 Å². The fourth-order valence-electron chi connectivity index (χ4n) is 9.24. The Labute approximate surface area is 432 Å². The van der Waals surface area contributed by atoms with Gasteiger partial charge in [0.2, 0.25) is 0 Å². The molecule has 1 fully saturated rings. The summed E-state index contributed by atoms with van der Waals surface area (Å²) in [4.78, 5) is 8.83. The fourth-order valence-corrected chi connectivity index (χ4v) is 10.2. The van der Waals surface area contributed by atoms with Gasteiger partial charge in [0.1, 0.15) is 52.4 Å². The van der Waals surface area contributed by atoms with Crippen LogP contribution in [-0.4, -0.2) is 62.7 Å². The number of benzene rings is 3. The molecule has 4 aliphatic rings. The first kappa shape index (κ1) is 52.3. The Kier molecular flexibility index (Phi) is 15.6. The Morgan fingerprint density at radius 1 is 0.592 bits per heavy atom. The van der Waals surface area contributed by atoms with Crippen molar-refractivity contribution in [2.45, 2.75) is 124 Å². The van der Waals surface area contributed by atoms with E-state index in [1.165, 1.54) is 18.6 Å². The Morgan fingerprint density at radius 3 is 1.66 bits per heavy atom. The Bertz CT molecular complexity index is 3170. The predicted octanol–water partition coefficient (Wildman–Crippen LogP) is 11.7. The van der Waals surface area contributed by atoms with Crippen LogP contribution in [0.15, 0.2) is 70.1 Å². The molecule has 1 aliphatic carbocycles. The van der Waals surface area contributed by atoms with Crippen LogP contribution >= 0.6 is 44.1 Å². The van der Waals surface area contributed by atoms with Gasteiger partial charge in [-0.1, -0.05) is 32.1 Å². The van der Waals surface area contributed by atoms with Crippen LogP contribution in [0.1, 0.15) is 105 Å². The van der Waals surface area contributed by atoms with Gasteiger partial charge in [-0.2, -0.15) is 0 Å². The maximum absolute atomic E-state index is 15.2. The van der Waals surface area contributed by atoms with E-state index >= 15 is 4.39 Å². The Balaban J connectivity index is 0.000000130. The first-order chi connectivity index (χ1) is 33.8. The summed E-state index contributed by atoms with van der Waals surface area (Å²) in [5.74, 6) is 2.00. The van der Waals surface area contributed by atoms with Gasteiger partial charge in [-0.3, -0.25) is 19.1 Å². The van der Waals surface area contributed by atoms with Gasteiger partial charge in [0.05, 0.1) is 43.9 Å². The second-order valence-corrected chi connectivity index (χ2v) is 20.9. The monoisotopic (exact) mass is 1120 g/mol. The average Bonchev–Trinajstić information content (AvgIpc) is 3.99. The van der Waals surface area contributed by atoms with Crippen molar-refractivity contribution in [1.82, 2.24) is 39.5 Å². The third-order valence-electron chi connectivity index (χ3n) is 13.7.